The van der Waals surface area contributed by atoms with Crippen LogP contribution in [0.4, 0.5) is 0 Å². The summed E-state index contributed by atoms with van der Waals surface area (Å²) in [5.74, 6) is -6.15. The Morgan fingerprint density at radius 2 is 1.45 bits per heavy atom. The van der Waals surface area contributed by atoms with Crippen molar-refractivity contribution in [3.63, 3.8) is 0 Å². The molecule has 77 heavy (non-hydrogen) atoms. The van der Waals surface area contributed by atoms with E-state index in [1.807, 2.05) is 32.0 Å². The molecule has 0 saturated carbocycles. The first-order valence-electron chi connectivity index (χ1n) is 25.7. The van der Waals surface area contributed by atoms with Gasteiger partial charge in [0.2, 0.25) is 43.2 Å². The summed E-state index contributed by atoms with van der Waals surface area (Å²) in [7, 11) is 0.920. The minimum absolute atomic E-state index is 0. The zero-order valence-corrected chi connectivity index (χ0v) is 51.1. The van der Waals surface area contributed by atoms with Crippen molar-refractivity contribution in [3.05, 3.63) is 48.0 Å². The van der Waals surface area contributed by atoms with Crippen LogP contribution in [0.3, 0.4) is 0 Å². The number of amides is 8. The van der Waals surface area contributed by atoms with Gasteiger partial charge in [-0.05, 0) is 56.6 Å². The van der Waals surface area contributed by atoms with Crippen LogP contribution in [0.1, 0.15) is 112 Å². The number of methoxy groups -OCH3 is 2. The predicted octanol–water partition coefficient (Wildman–Crippen LogP) is -0.867. The Morgan fingerprint density at radius 1 is 0.870 bits per heavy atom. The molecule has 11 atom stereocenters. The molecule has 1 saturated heterocycles. The fourth-order valence-corrected chi connectivity index (χ4v) is 10.7. The molecule has 25 heteroatoms. The van der Waals surface area contributed by atoms with Crippen LogP contribution in [-0.2, 0) is 66.5 Å². The maximum absolute atomic E-state index is 14.5. The first-order chi connectivity index (χ1) is 35.7. The number of unbranched alkanes of at least 4 members (excludes halogenated alkanes) is 1. The van der Waals surface area contributed by atoms with E-state index in [4.69, 9.17) is 23.6 Å². The van der Waals surface area contributed by atoms with Crippen molar-refractivity contribution in [2.75, 3.05) is 54.6 Å². The van der Waals surface area contributed by atoms with Crippen molar-refractivity contribution in [1.82, 2.24) is 35.3 Å². The van der Waals surface area contributed by atoms with Gasteiger partial charge in [0.15, 0.2) is 0 Å². The number of likely N-dealkylation sites (N-methyl/N-ethyl adjacent to an activating group) is 2. The third kappa shape index (κ3) is 21.3. The number of rotatable bonds is 30. The van der Waals surface area contributed by atoms with Crippen molar-refractivity contribution in [2.45, 2.75) is 143 Å². The van der Waals surface area contributed by atoms with E-state index in [-0.39, 0.29) is 120 Å². The van der Waals surface area contributed by atoms with Crippen LogP contribution in [0.25, 0.3) is 0 Å². The second-order valence-corrected chi connectivity index (χ2v) is 21.8. The van der Waals surface area contributed by atoms with Crippen molar-refractivity contribution in [3.8, 4) is 0 Å². The summed E-state index contributed by atoms with van der Waals surface area (Å²) in [6, 6.07) is 5.48. The first kappa shape index (κ1) is 71.1. The number of likely N-dealkylation sites (tertiary alicyclic amines) is 1. The molecule has 2 aliphatic heterocycles. The normalized spacial score (nSPS) is 18.5. The van der Waals surface area contributed by atoms with Crippen molar-refractivity contribution in [1.29, 1.82) is 0 Å². The molecule has 2 aliphatic rings. The van der Waals surface area contributed by atoms with E-state index in [2.05, 4.69) is 16.0 Å². The number of nitrogens with one attached hydrogen (secondary N) is 3. The molecule has 2 unspecified atom stereocenters. The van der Waals surface area contributed by atoms with Crippen LogP contribution < -0.4 is 72.2 Å². The number of hydrogen-bond donors (Lipinski definition) is 4. The Bertz CT molecular complexity index is 2220. The summed E-state index contributed by atoms with van der Waals surface area (Å²) in [6.07, 6.45) is 1.62. The largest absolute Gasteiger partial charge is 1.00 e. The molecule has 0 aromatic heterocycles. The van der Waals surface area contributed by atoms with Gasteiger partial charge in [0.05, 0.1) is 55.4 Å². The summed E-state index contributed by atoms with van der Waals surface area (Å²) in [5.41, 5.74) is 0.683. The Hall–Kier alpha value is -3.87. The standard InChI is InChI=1S/C51H82N7O14P.CO2.K/c1-13-33(6)46(38(70-11)29-43(63)57-27-25-37(30-57)48(71-12)34(7)49(65)53-35(8)47(64)36-19-15-14-16-20-36)55(9)51(67)44(31(2)3)54-50(66)45(32(4)5)56(10)73(68,69)72-28-26-52-39(59)21-17-18-22-40(60)58-41(61)23-24-42(58)62;2-1-3;/h14-16,19-20,23-24,31-35,37-38,44-48,64H,13,17-18,21-22,25-30H2,1-12H3,(H,52,59)(H,53,65)(H,54,66)(H,68,69);;/q;;+1/p-1/t33-,34+,35+,37?,38+,44-,45-,46-,47+,48+;;/m0../s1. The van der Waals surface area contributed by atoms with Crippen molar-refractivity contribution in [2.24, 2.45) is 29.6 Å². The maximum atomic E-state index is 14.5. The quantitative estimate of drug-likeness (QED) is 0.0315. The summed E-state index contributed by atoms with van der Waals surface area (Å²) < 4.78 is 31.3. The molecule has 1 fully saturated rings. The molecule has 8 amide bonds. The Kier molecular flexibility index (Phi) is 32.3. The smallest absolute Gasteiger partial charge is 0.766 e. The molecule has 1 aromatic carbocycles. The van der Waals surface area contributed by atoms with Gasteiger partial charge in [0, 0.05) is 71.8 Å². The molecule has 0 aliphatic carbocycles. The summed E-state index contributed by atoms with van der Waals surface area (Å²) in [6.45, 7) is 14.4. The Morgan fingerprint density at radius 3 is 1.99 bits per heavy atom. The van der Waals surface area contributed by atoms with Crippen LogP contribution in [0.15, 0.2) is 42.5 Å². The average molecular weight is 1130 g/mol. The van der Waals surface area contributed by atoms with Gasteiger partial charge in [-0.2, -0.15) is 9.59 Å². The predicted molar refractivity (Wildman–Crippen MR) is 274 cm³/mol. The number of hydrogen-bond acceptors (Lipinski definition) is 16. The van der Waals surface area contributed by atoms with Gasteiger partial charge >= 0.3 is 57.5 Å². The molecule has 4 N–H and O–H groups in total. The molecular weight excluding hydrogens is 1050 g/mol. The minimum atomic E-state index is -4.90. The fraction of sp³-hybridized carbons (Fsp3) is 0.673. The summed E-state index contributed by atoms with van der Waals surface area (Å²) in [5, 5.41) is 19.1. The average Bonchev–Trinajstić information content (AvgIpc) is 4.01. The number of carbonyl (C=O) groups is 8. The molecule has 0 spiro atoms. The van der Waals surface area contributed by atoms with Gasteiger partial charge in [-0.15, -0.1) is 0 Å². The topological polar surface area (TPSA) is 308 Å². The molecule has 3 rings (SSSR count). The van der Waals surface area contributed by atoms with Gasteiger partial charge in [0.25, 0.3) is 11.8 Å². The van der Waals surface area contributed by atoms with Crippen LogP contribution in [0.5, 0.6) is 0 Å². The van der Waals surface area contributed by atoms with E-state index in [1.165, 1.54) is 26.2 Å². The number of aliphatic hydroxyl groups is 1. The molecule has 426 valence electrons. The molecule has 1 aromatic rings. The van der Waals surface area contributed by atoms with Crippen LogP contribution in [0.2, 0.25) is 0 Å². The Labute approximate surface area is 495 Å². The van der Waals surface area contributed by atoms with E-state index in [0.29, 0.717) is 36.4 Å². The van der Waals surface area contributed by atoms with Crippen molar-refractivity contribution < 1.29 is 128 Å². The molecule has 0 bridgehead atoms. The van der Waals surface area contributed by atoms with E-state index in [0.717, 1.165) is 16.8 Å². The SMILES string of the molecule is CC[C@H](C)[C@@H]([C@@H](CC(=O)N1CCC([C@H](OC)[C@@H](C)C(=O)N[C@H](C)[C@@H](O)c2ccccc2)C1)OC)N(C)C(=O)[C@@H](NC(=O)[C@H](C(C)C)N(C)P(=O)([O-])OCCNC(=O)CCCCC(=O)N1C(=O)C=CC1=O)C(C)C.O=C=O.[K+]. The fourth-order valence-electron chi connectivity index (χ4n) is 9.52. The number of imide groups is 3. The number of aliphatic hydroxyl groups excluding tert-OH is 1. The minimum Gasteiger partial charge on any atom is -0.766 e. The monoisotopic (exact) mass is 1130 g/mol. The zero-order chi connectivity index (χ0) is 57.6. The van der Waals surface area contributed by atoms with Crippen LogP contribution in [0, 0.1) is 29.6 Å². The molecular formula is C52H81KN7O16P. The van der Waals surface area contributed by atoms with E-state index >= 15 is 0 Å². The second-order valence-electron chi connectivity index (χ2n) is 20.0. The molecule has 2 heterocycles. The Balaban J connectivity index is 0.00000723. The van der Waals surface area contributed by atoms with E-state index < -0.39 is 110 Å². The zero-order valence-electron chi connectivity index (χ0n) is 47.1. The summed E-state index contributed by atoms with van der Waals surface area (Å²) >= 11 is 0. The van der Waals surface area contributed by atoms with Crippen molar-refractivity contribution >= 4 is 61.2 Å². The third-order valence-electron chi connectivity index (χ3n) is 14.0. The second kappa shape index (κ2) is 35.0. The summed E-state index contributed by atoms with van der Waals surface area (Å²) in [4.78, 5) is 137. The third-order valence-corrected chi connectivity index (χ3v) is 15.5. The van der Waals surface area contributed by atoms with Gasteiger partial charge in [-0.3, -0.25) is 42.9 Å². The molecule has 0 radical (unpaired) electrons. The van der Waals surface area contributed by atoms with E-state index in [1.54, 1.807) is 65.6 Å². The van der Waals surface area contributed by atoms with Gasteiger partial charge in [-0.1, -0.05) is 85.2 Å². The number of benzene rings is 1. The van der Waals surface area contributed by atoms with Crippen LogP contribution >= 0.6 is 7.75 Å². The number of nitrogens with zero attached hydrogens (tertiary/aromatic N) is 4. The van der Waals surface area contributed by atoms with Crippen LogP contribution in [-0.4, -0.2) is 169 Å². The number of carbonyl (C=O) groups excluding carboxylic acids is 10. The first-order valence-corrected chi connectivity index (χ1v) is 27.2. The van der Waals surface area contributed by atoms with Gasteiger partial charge < -0.3 is 49.7 Å². The molecule has 23 nitrogen and oxygen atoms in total. The van der Waals surface area contributed by atoms with Gasteiger partial charge in [0.1, 0.15) is 6.04 Å². The maximum Gasteiger partial charge on any atom is 1.00 e. The van der Waals surface area contributed by atoms with Gasteiger partial charge in [-0.25, -0.2) is 9.57 Å². The number of ether oxygens (including phenoxy) is 2. The van der Waals surface area contributed by atoms with E-state index in [9.17, 15) is 52.9 Å².